The summed E-state index contributed by atoms with van der Waals surface area (Å²) in [5, 5.41) is 11.8. The topological polar surface area (TPSA) is 75.6 Å². The maximum Gasteiger partial charge on any atom is 0.337 e. The molecule has 1 unspecified atom stereocenters. The number of benzene rings is 1. The summed E-state index contributed by atoms with van der Waals surface area (Å²) in [5.41, 5.74) is 0.307. The van der Waals surface area contributed by atoms with Crippen molar-refractivity contribution in [2.75, 3.05) is 18.5 Å². The first-order valence-electron chi connectivity index (χ1n) is 5.60. The quantitative estimate of drug-likeness (QED) is 0.829. The highest BCUT2D eigenvalue weighted by Crippen LogP contribution is 2.31. The molecule has 0 aliphatic carbocycles. The van der Waals surface area contributed by atoms with Crippen molar-refractivity contribution in [1.82, 2.24) is 0 Å². The van der Waals surface area contributed by atoms with E-state index in [-0.39, 0.29) is 23.1 Å². The van der Waals surface area contributed by atoms with Crippen LogP contribution in [-0.2, 0) is 9.53 Å². The highest BCUT2D eigenvalue weighted by molar-refractivity contribution is 9.11. The van der Waals surface area contributed by atoms with Crippen LogP contribution in [0.3, 0.4) is 0 Å². The molecule has 1 fully saturated rings. The lowest BCUT2D eigenvalue weighted by Gasteiger charge is -2.13. The van der Waals surface area contributed by atoms with Crippen molar-refractivity contribution in [3.8, 4) is 0 Å². The Labute approximate surface area is 126 Å². The largest absolute Gasteiger partial charge is 0.478 e. The van der Waals surface area contributed by atoms with E-state index in [1.165, 1.54) is 6.07 Å². The lowest BCUT2D eigenvalue weighted by atomic mass is 10.1. The summed E-state index contributed by atoms with van der Waals surface area (Å²) in [7, 11) is 0. The second-order valence-corrected chi connectivity index (χ2v) is 5.94. The van der Waals surface area contributed by atoms with Crippen LogP contribution in [0.4, 0.5) is 5.69 Å². The van der Waals surface area contributed by atoms with Crippen molar-refractivity contribution in [2.24, 2.45) is 5.92 Å². The molecule has 0 bridgehead atoms. The molecule has 1 heterocycles. The molecule has 1 aliphatic rings. The summed E-state index contributed by atoms with van der Waals surface area (Å²) < 4.78 is 6.29. The number of nitrogens with one attached hydrogen (secondary N) is 1. The standard InChI is InChI=1S/C12H11Br2NO4/c13-7-3-8(12(17)18)10(9(14)4-7)15-11(16)6-1-2-19-5-6/h3-4,6H,1-2,5H2,(H,15,16)(H,17,18). The van der Waals surface area contributed by atoms with Gasteiger partial charge in [-0.3, -0.25) is 4.79 Å². The van der Waals surface area contributed by atoms with E-state index in [1.54, 1.807) is 6.07 Å². The van der Waals surface area contributed by atoms with Gasteiger partial charge in [-0.25, -0.2) is 4.79 Å². The molecule has 0 aromatic heterocycles. The van der Waals surface area contributed by atoms with E-state index < -0.39 is 5.97 Å². The molecule has 1 amide bonds. The van der Waals surface area contributed by atoms with E-state index in [1.807, 2.05) is 0 Å². The molecule has 2 rings (SSSR count). The Morgan fingerprint density at radius 3 is 2.68 bits per heavy atom. The van der Waals surface area contributed by atoms with Gasteiger partial charge in [0, 0.05) is 15.6 Å². The van der Waals surface area contributed by atoms with Crippen LogP contribution in [-0.4, -0.2) is 30.2 Å². The average molecular weight is 393 g/mol. The minimum Gasteiger partial charge on any atom is -0.478 e. The number of hydrogen-bond acceptors (Lipinski definition) is 3. The van der Waals surface area contributed by atoms with Gasteiger partial charge in [-0.05, 0) is 34.5 Å². The number of carbonyl (C=O) groups excluding carboxylic acids is 1. The number of carbonyl (C=O) groups is 2. The second kappa shape index (κ2) is 6.02. The fraction of sp³-hybridized carbons (Fsp3) is 0.333. The highest BCUT2D eigenvalue weighted by atomic mass is 79.9. The Hall–Kier alpha value is -0.920. The van der Waals surface area contributed by atoms with Gasteiger partial charge in [0.15, 0.2) is 0 Å². The van der Waals surface area contributed by atoms with Crippen molar-refractivity contribution in [3.63, 3.8) is 0 Å². The van der Waals surface area contributed by atoms with Gasteiger partial charge in [-0.1, -0.05) is 15.9 Å². The molecule has 7 heteroatoms. The number of anilines is 1. The number of ether oxygens (including phenoxy) is 1. The van der Waals surface area contributed by atoms with Crippen LogP contribution in [0.25, 0.3) is 0 Å². The Kier molecular flexibility index (Phi) is 4.59. The van der Waals surface area contributed by atoms with Gasteiger partial charge in [0.05, 0.1) is 23.8 Å². The zero-order valence-electron chi connectivity index (χ0n) is 9.78. The SMILES string of the molecule is O=C(O)c1cc(Br)cc(Br)c1NC(=O)C1CCOC1. The molecular formula is C12H11Br2NO4. The number of carboxylic acids is 1. The molecule has 2 N–H and O–H groups in total. The molecule has 5 nitrogen and oxygen atoms in total. The van der Waals surface area contributed by atoms with Gasteiger partial charge in [-0.2, -0.15) is 0 Å². The molecule has 1 aromatic carbocycles. The maximum absolute atomic E-state index is 12.0. The van der Waals surface area contributed by atoms with Crippen LogP contribution in [0.5, 0.6) is 0 Å². The maximum atomic E-state index is 12.0. The highest BCUT2D eigenvalue weighted by Gasteiger charge is 2.25. The Morgan fingerprint density at radius 1 is 1.37 bits per heavy atom. The number of rotatable bonds is 3. The fourth-order valence-electron chi connectivity index (χ4n) is 1.84. The van der Waals surface area contributed by atoms with Gasteiger partial charge in [0.2, 0.25) is 5.91 Å². The predicted molar refractivity (Wildman–Crippen MR) is 76.4 cm³/mol. The number of aromatic carboxylic acids is 1. The van der Waals surface area contributed by atoms with Crippen LogP contribution < -0.4 is 5.32 Å². The molecule has 19 heavy (non-hydrogen) atoms. The zero-order chi connectivity index (χ0) is 14.0. The van der Waals surface area contributed by atoms with E-state index in [0.717, 1.165) is 0 Å². The predicted octanol–water partition coefficient (Wildman–Crippen LogP) is 2.88. The van der Waals surface area contributed by atoms with Crippen LogP contribution >= 0.6 is 31.9 Å². The van der Waals surface area contributed by atoms with E-state index in [4.69, 9.17) is 4.74 Å². The summed E-state index contributed by atoms with van der Waals surface area (Å²) in [4.78, 5) is 23.2. The fourth-order valence-corrected chi connectivity index (χ4v) is 3.16. The first kappa shape index (κ1) is 14.5. The summed E-state index contributed by atoms with van der Waals surface area (Å²) in [6.07, 6.45) is 0.655. The Balaban J connectivity index is 2.28. The van der Waals surface area contributed by atoms with Crippen LogP contribution in [0.15, 0.2) is 21.1 Å². The van der Waals surface area contributed by atoms with Crippen LogP contribution in [0.2, 0.25) is 0 Å². The monoisotopic (exact) mass is 391 g/mol. The lowest BCUT2D eigenvalue weighted by molar-refractivity contribution is -0.119. The van der Waals surface area contributed by atoms with Crippen molar-refractivity contribution in [2.45, 2.75) is 6.42 Å². The molecule has 1 aliphatic heterocycles. The van der Waals surface area contributed by atoms with Crippen molar-refractivity contribution in [1.29, 1.82) is 0 Å². The molecule has 1 saturated heterocycles. The molecule has 102 valence electrons. The average Bonchev–Trinajstić information content (AvgIpc) is 2.85. The van der Waals surface area contributed by atoms with E-state index in [0.29, 0.717) is 28.6 Å². The normalized spacial score (nSPS) is 18.3. The smallest absolute Gasteiger partial charge is 0.337 e. The van der Waals surface area contributed by atoms with Crippen molar-refractivity contribution in [3.05, 3.63) is 26.6 Å². The minimum atomic E-state index is -1.10. The summed E-state index contributed by atoms with van der Waals surface area (Å²) in [5.74, 6) is -1.54. The number of hydrogen-bond donors (Lipinski definition) is 2. The van der Waals surface area contributed by atoms with Gasteiger partial charge >= 0.3 is 5.97 Å². The van der Waals surface area contributed by atoms with E-state index in [2.05, 4.69) is 37.2 Å². The summed E-state index contributed by atoms with van der Waals surface area (Å²) in [6.45, 7) is 0.938. The number of halogens is 2. The van der Waals surface area contributed by atoms with Crippen LogP contribution in [0, 0.1) is 5.92 Å². The van der Waals surface area contributed by atoms with Gasteiger partial charge < -0.3 is 15.2 Å². The van der Waals surface area contributed by atoms with Crippen molar-refractivity contribution < 1.29 is 19.4 Å². The summed E-state index contributed by atoms with van der Waals surface area (Å²) in [6, 6.07) is 3.14. The third-order valence-corrected chi connectivity index (χ3v) is 3.92. The molecule has 1 atom stereocenters. The van der Waals surface area contributed by atoms with Crippen molar-refractivity contribution >= 4 is 49.4 Å². The van der Waals surface area contributed by atoms with Crippen LogP contribution in [0.1, 0.15) is 16.8 Å². The van der Waals surface area contributed by atoms with Gasteiger partial charge in [0.25, 0.3) is 0 Å². The van der Waals surface area contributed by atoms with E-state index in [9.17, 15) is 14.7 Å². The Morgan fingerprint density at radius 2 is 2.11 bits per heavy atom. The molecule has 1 aromatic rings. The second-order valence-electron chi connectivity index (χ2n) is 4.17. The number of carboxylic acid groups (broad SMARTS) is 1. The third kappa shape index (κ3) is 3.34. The molecule has 0 saturated carbocycles. The third-order valence-electron chi connectivity index (χ3n) is 2.83. The first-order chi connectivity index (χ1) is 8.99. The molecule has 0 spiro atoms. The van der Waals surface area contributed by atoms with E-state index >= 15 is 0 Å². The van der Waals surface area contributed by atoms with Gasteiger partial charge in [-0.15, -0.1) is 0 Å². The molecular weight excluding hydrogens is 382 g/mol. The number of amides is 1. The molecule has 0 radical (unpaired) electrons. The summed E-state index contributed by atoms with van der Waals surface area (Å²) >= 11 is 6.49. The van der Waals surface area contributed by atoms with Gasteiger partial charge in [0.1, 0.15) is 0 Å². The zero-order valence-corrected chi connectivity index (χ0v) is 13.0. The minimum absolute atomic E-state index is 0.0357. The lowest BCUT2D eigenvalue weighted by Crippen LogP contribution is -2.24. The first-order valence-corrected chi connectivity index (χ1v) is 7.18. The Bertz CT molecular complexity index is 527.